The van der Waals surface area contributed by atoms with Gasteiger partial charge in [-0.15, -0.1) is 0 Å². The minimum Gasteiger partial charge on any atom is -0.507 e. The summed E-state index contributed by atoms with van der Waals surface area (Å²) in [5.41, 5.74) is 0.0723. The van der Waals surface area contributed by atoms with Gasteiger partial charge in [-0.2, -0.15) is 0 Å². The van der Waals surface area contributed by atoms with Crippen molar-refractivity contribution in [2.75, 3.05) is 13.1 Å². The number of phenolic OH excluding ortho intramolecular Hbond substituents is 1. The third-order valence-corrected chi connectivity index (χ3v) is 3.56. The highest BCUT2D eigenvalue weighted by Gasteiger charge is 2.26. The van der Waals surface area contributed by atoms with E-state index < -0.39 is 11.8 Å². The molecule has 0 atom stereocenters. The maximum atomic E-state index is 12.9. The van der Waals surface area contributed by atoms with E-state index in [2.05, 4.69) is 0 Å². The van der Waals surface area contributed by atoms with Crippen LogP contribution in [0.1, 0.15) is 29.6 Å². The minimum absolute atomic E-state index is 0.0723. The van der Waals surface area contributed by atoms with E-state index >= 15 is 0 Å². The number of hydrogen-bond donors (Lipinski definition) is 2. The molecule has 0 aromatic heterocycles. The largest absolute Gasteiger partial charge is 0.507 e. The van der Waals surface area contributed by atoms with Crippen LogP contribution in [0.15, 0.2) is 18.2 Å². The molecule has 1 saturated heterocycles. The van der Waals surface area contributed by atoms with Crippen LogP contribution in [0.5, 0.6) is 5.75 Å². The lowest BCUT2D eigenvalue weighted by Crippen LogP contribution is -2.38. The van der Waals surface area contributed by atoms with Crippen LogP contribution < -0.4 is 0 Å². The monoisotopic (exact) mass is 281 g/mol. The number of carbonyl (C=O) groups is 2. The van der Waals surface area contributed by atoms with Crippen molar-refractivity contribution < 1.29 is 24.2 Å². The SMILES string of the molecule is O=C(O)CC1CCN(C(=O)c2ccc(F)cc2O)CC1. The number of carboxylic acids is 1. The molecule has 0 spiro atoms. The first-order valence-electron chi connectivity index (χ1n) is 6.47. The van der Waals surface area contributed by atoms with E-state index in [4.69, 9.17) is 5.11 Å². The Labute approximate surface area is 115 Å². The molecule has 0 unspecified atom stereocenters. The van der Waals surface area contributed by atoms with E-state index in [9.17, 15) is 19.1 Å². The molecule has 1 aliphatic heterocycles. The number of piperidine rings is 1. The fourth-order valence-corrected chi connectivity index (χ4v) is 2.44. The highest BCUT2D eigenvalue weighted by Crippen LogP contribution is 2.25. The van der Waals surface area contributed by atoms with Crippen LogP contribution in [0.2, 0.25) is 0 Å². The van der Waals surface area contributed by atoms with Crippen molar-refractivity contribution in [1.29, 1.82) is 0 Å². The molecule has 0 saturated carbocycles. The zero-order valence-electron chi connectivity index (χ0n) is 10.9. The molecule has 108 valence electrons. The molecule has 2 rings (SSSR count). The number of nitrogens with zero attached hydrogens (tertiary/aromatic N) is 1. The number of rotatable bonds is 3. The lowest BCUT2D eigenvalue weighted by atomic mass is 9.93. The first-order chi connectivity index (χ1) is 9.47. The second kappa shape index (κ2) is 5.90. The molecule has 2 N–H and O–H groups in total. The fraction of sp³-hybridized carbons (Fsp3) is 0.429. The fourth-order valence-electron chi connectivity index (χ4n) is 2.44. The molecule has 20 heavy (non-hydrogen) atoms. The Morgan fingerprint density at radius 3 is 2.50 bits per heavy atom. The standard InChI is InChI=1S/C14H16FNO4/c15-10-1-2-11(12(17)8-10)14(20)16-5-3-9(4-6-16)7-13(18)19/h1-2,8-9,17H,3-7H2,(H,18,19). The summed E-state index contributed by atoms with van der Waals surface area (Å²) >= 11 is 0. The molecular formula is C14H16FNO4. The van der Waals surface area contributed by atoms with E-state index in [1.165, 1.54) is 6.07 Å². The molecule has 5 nitrogen and oxygen atoms in total. The number of likely N-dealkylation sites (tertiary alicyclic amines) is 1. The second-order valence-corrected chi connectivity index (χ2v) is 4.99. The number of carboxylic acid groups (broad SMARTS) is 1. The van der Waals surface area contributed by atoms with E-state index in [0.29, 0.717) is 25.9 Å². The Hall–Kier alpha value is -2.11. The molecule has 1 aromatic rings. The molecular weight excluding hydrogens is 265 g/mol. The van der Waals surface area contributed by atoms with Gasteiger partial charge in [0.05, 0.1) is 5.56 Å². The van der Waals surface area contributed by atoms with Crippen LogP contribution in [0.3, 0.4) is 0 Å². The number of hydrogen-bond acceptors (Lipinski definition) is 3. The van der Waals surface area contributed by atoms with Gasteiger partial charge in [-0.3, -0.25) is 9.59 Å². The molecule has 1 aliphatic rings. The van der Waals surface area contributed by atoms with Crippen molar-refractivity contribution in [2.24, 2.45) is 5.92 Å². The maximum absolute atomic E-state index is 12.9. The third-order valence-electron chi connectivity index (χ3n) is 3.56. The molecule has 0 radical (unpaired) electrons. The first kappa shape index (κ1) is 14.3. The first-order valence-corrected chi connectivity index (χ1v) is 6.47. The number of aromatic hydroxyl groups is 1. The van der Waals surface area contributed by atoms with Crippen LogP contribution >= 0.6 is 0 Å². The van der Waals surface area contributed by atoms with Crippen LogP contribution in [-0.4, -0.2) is 40.1 Å². The van der Waals surface area contributed by atoms with Gasteiger partial charge in [0.2, 0.25) is 0 Å². The van der Waals surface area contributed by atoms with Gasteiger partial charge in [0, 0.05) is 25.6 Å². The molecule has 1 heterocycles. The van der Waals surface area contributed by atoms with E-state index in [1.807, 2.05) is 0 Å². The normalized spacial score (nSPS) is 16.1. The second-order valence-electron chi connectivity index (χ2n) is 4.99. The van der Waals surface area contributed by atoms with Crippen LogP contribution in [0, 0.1) is 11.7 Å². The summed E-state index contributed by atoms with van der Waals surface area (Å²) in [4.78, 5) is 24.4. The minimum atomic E-state index is -0.828. The van der Waals surface area contributed by atoms with Crippen molar-refractivity contribution in [3.05, 3.63) is 29.6 Å². The highest BCUT2D eigenvalue weighted by atomic mass is 19.1. The summed E-state index contributed by atoms with van der Waals surface area (Å²) in [6, 6.07) is 3.30. The van der Waals surface area contributed by atoms with Crippen molar-refractivity contribution >= 4 is 11.9 Å². The third kappa shape index (κ3) is 3.26. The number of halogens is 1. The summed E-state index contributed by atoms with van der Waals surface area (Å²) in [6.07, 6.45) is 1.36. The zero-order chi connectivity index (χ0) is 14.7. The molecule has 6 heteroatoms. The van der Waals surface area contributed by atoms with Crippen LogP contribution in [0.4, 0.5) is 4.39 Å². The Kier molecular flexibility index (Phi) is 4.22. The Morgan fingerprint density at radius 2 is 1.95 bits per heavy atom. The lowest BCUT2D eigenvalue weighted by Gasteiger charge is -2.31. The molecule has 0 bridgehead atoms. The van der Waals surface area contributed by atoms with Crippen LogP contribution in [-0.2, 0) is 4.79 Å². The van der Waals surface area contributed by atoms with Gasteiger partial charge in [-0.05, 0) is 30.9 Å². The van der Waals surface area contributed by atoms with Crippen LogP contribution in [0.25, 0.3) is 0 Å². The number of benzene rings is 1. The summed E-state index contributed by atoms with van der Waals surface area (Å²) < 4.78 is 12.9. The highest BCUT2D eigenvalue weighted by molar-refractivity contribution is 5.96. The topological polar surface area (TPSA) is 77.8 Å². The van der Waals surface area contributed by atoms with Gasteiger partial charge >= 0.3 is 5.97 Å². The summed E-state index contributed by atoms with van der Waals surface area (Å²) in [5.74, 6) is -2.07. The predicted molar refractivity (Wildman–Crippen MR) is 68.9 cm³/mol. The lowest BCUT2D eigenvalue weighted by molar-refractivity contribution is -0.138. The van der Waals surface area contributed by atoms with E-state index in [-0.39, 0.29) is 29.6 Å². The Morgan fingerprint density at radius 1 is 1.30 bits per heavy atom. The summed E-state index contributed by atoms with van der Waals surface area (Å²) in [7, 11) is 0. The quantitative estimate of drug-likeness (QED) is 0.886. The van der Waals surface area contributed by atoms with E-state index in [1.54, 1.807) is 4.90 Å². The average molecular weight is 281 g/mol. The zero-order valence-corrected chi connectivity index (χ0v) is 10.9. The van der Waals surface area contributed by atoms with Gasteiger partial charge in [-0.25, -0.2) is 4.39 Å². The van der Waals surface area contributed by atoms with Gasteiger partial charge in [0.1, 0.15) is 11.6 Å². The van der Waals surface area contributed by atoms with Crippen molar-refractivity contribution in [3.63, 3.8) is 0 Å². The smallest absolute Gasteiger partial charge is 0.303 e. The molecule has 1 aromatic carbocycles. The molecule has 1 fully saturated rings. The molecule has 1 amide bonds. The van der Waals surface area contributed by atoms with Crippen molar-refractivity contribution in [1.82, 2.24) is 4.90 Å². The number of aliphatic carboxylic acids is 1. The van der Waals surface area contributed by atoms with E-state index in [0.717, 1.165) is 12.1 Å². The van der Waals surface area contributed by atoms with Gasteiger partial charge < -0.3 is 15.1 Å². The summed E-state index contributed by atoms with van der Waals surface area (Å²) in [6.45, 7) is 0.904. The maximum Gasteiger partial charge on any atom is 0.303 e. The molecule has 0 aliphatic carbocycles. The Balaban J connectivity index is 1.99. The van der Waals surface area contributed by atoms with Crippen molar-refractivity contribution in [2.45, 2.75) is 19.3 Å². The number of amides is 1. The number of phenols is 1. The van der Waals surface area contributed by atoms with Crippen molar-refractivity contribution in [3.8, 4) is 5.75 Å². The Bertz CT molecular complexity index is 524. The number of carbonyl (C=O) groups excluding carboxylic acids is 1. The average Bonchev–Trinajstić information content (AvgIpc) is 2.38. The van der Waals surface area contributed by atoms with Gasteiger partial charge in [-0.1, -0.05) is 0 Å². The van der Waals surface area contributed by atoms with Gasteiger partial charge in [0.15, 0.2) is 0 Å². The summed E-state index contributed by atoms with van der Waals surface area (Å²) in [5, 5.41) is 18.3. The predicted octanol–water partition coefficient (Wildman–Crippen LogP) is 1.86. The van der Waals surface area contributed by atoms with Gasteiger partial charge in [0.25, 0.3) is 5.91 Å².